The fraction of sp³-hybridized carbons (Fsp3) is 0.208. The lowest BCUT2D eigenvalue weighted by molar-refractivity contribution is -0.137. The molecule has 0 atom stereocenters. The summed E-state index contributed by atoms with van der Waals surface area (Å²) in [5.74, 6) is 1.43. The SMILES string of the molecule is COc1ccccc1NC(=O)CSc1nnc(CNc2cccc(C(F)(F)F)c2)n1Cc1ccco1. The van der Waals surface area contributed by atoms with Crippen LogP contribution in [0.25, 0.3) is 0 Å². The number of para-hydroxylation sites is 2. The molecule has 4 rings (SSSR count). The number of carbonyl (C=O) groups is 1. The lowest BCUT2D eigenvalue weighted by Gasteiger charge is -2.12. The van der Waals surface area contributed by atoms with E-state index in [0.29, 0.717) is 33.9 Å². The van der Waals surface area contributed by atoms with Crippen LogP contribution in [0.1, 0.15) is 17.1 Å². The maximum absolute atomic E-state index is 13.0. The monoisotopic (exact) mass is 517 g/mol. The van der Waals surface area contributed by atoms with E-state index in [1.165, 1.54) is 31.2 Å². The predicted octanol–water partition coefficient (Wildman–Crippen LogP) is 5.29. The Morgan fingerprint density at radius 2 is 1.94 bits per heavy atom. The Labute approximate surface area is 208 Å². The second kappa shape index (κ2) is 11.2. The standard InChI is InChI=1S/C24H22F3N5O3S/c1-34-20-10-3-2-9-19(20)29-22(33)15-36-23-31-30-21(32(23)14-18-8-5-11-35-18)13-28-17-7-4-6-16(12-17)24(25,26)27/h2-12,28H,13-15H2,1H3,(H,29,33). The number of ether oxygens (including phenoxy) is 1. The van der Waals surface area contributed by atoms with Gasteiger partial charge in [-0.15, -0.1) is 10.2 Å². The van der Waals surface area contributed by atoms with Crippen LogP contribution in [0.3, 0.4) is 0 Å². The highest BCUT2D eigenvalue weighted by Gasteiger charge is 2.30. The van der Waals surface area contributed by atoms with Crippen LogP contribution in [0.15, 0.2) is 76.5 Å². The second-order valence-electron chi connectivity index (χ2n) is 7.53. The van der Waals surface area contributed by atoms with Gasteiger partial charge in [0.2, 0.25) is 5.91 Å². The molecule has 0 aliphatic heterocycles. The van der Waals surface area contributed by atoms with Gasteiger partial charge >= 0.3 is 6.18 Å². The summed E-state index contributed by atoms with van der Waals surface area (Å²) in [4.78, 5) is 12.5. The van der Waals surface area contributed by atoms with Gasteiger partial charge in [-0.2, -0.15) is 13.2 Å². The molecule has 0 spiro atoms. The first-order valence-electron chi connectivity index (χ1n) is 10.7. The smallest absolute Gasteiger partial charge is 0.416 e. The molecule has 0 bridgehead atoms. The Morgan fingerprint density at radius 1 is 1.11 bits per heavy atom. The van der Waals surface area contributed by atoms with Gasteiger partial charge in [-0.1, -0.05) is 30.0 Å². The minimum atomic E-state index is -4.44. The largest absolute Gasteiger partial charge is 0.495 e. The molecule has 2 aromatic carbocycles. The fourth-order valence-electron chi connectivity index (χ4n) is 3.32. The van der Waals surface area contributed by atoms with Gasteiger partial charge in [0.1, 0.15) is 11.5 Å². The molecule has 2 aromatic heterocycles. The first-order valence-corrected chi connectivity index (χ1v) is 11.7. The number of thioether (sulfide) groups is 1. The third-order valence-corrected chi connectivity index (χ3v) is 6.01. The molecule has 0 aliphatic carbocycles. The van der Waals surface area contributed by atoms with Gasteiger partial charge in [0, 0.05) is 5.69 Å². The molecule has 2 heterocycles. The fourth-order valence-corrected chi connectivity index (χ4v) is 4.08. The highest BCUT2D eigenvalue weighted by atomic mass is 32.2. The maximum Gasteiger partial charge on any atom is 0.416 e. The van der Waals surface area contributed by atoms with Gasteiger partial charge in [0.15, 0.2) is 11.0 Å². The van der Waals surface area contributed by atoms with Crippen molar-refractivity contribution in [2.24, 2.45) is 0 Å². The number of benzene rings is 2. The number of anilines is 2. The number of halogens is 3. The van der Waals surface area contributed by atoms with E-state index in [1.54, 1.807) is 47.0 Å². The third kappa shape index (κ3) is 6.39. The Morgan fingerprint density at radius 3 is 2.69 bits per heavy atom. The van der Waals surface area contributed by atoms with Crippen LogP contribution in [-0.4, -0.2) is 33.5 Å². The first kappa shape index (κ1) is 25.2. The van der Waals surface area contributed by atoms with Crippen LogP contribution in [0.4, 0.5) is 24.5 Å². The van der Waals surface area contributed by atoms with Crippen molar-refractivity contribution in [3.8, 4) is 5.75 Å². The molecule has 12 heteroatoms. The predicted molar refractivity (Wildman–Crippen MR) is 129 cm³/mol. The van der Waals surface area contributed by atoms with E-state index in [1.807, 2.05) is 0 Å². The van der Waals surface area contributed by atoms with Crippen molar-refractivity contribution in [1.82, 2.24) is 14.8 Å². The number of nitrogens with one attached hydrogen (secondary N) is 2. The van der Waals surface area contributed by atoms with Crippen LogP contribution in [0.2, 0.25) is 0 Å². The molecular weight excluding hydrogens is 495 g/mol. The Balaban J connectivity index is 1.46. The zero-order chi connectivity index (χ0) is 25.5. The lowest BCUT2D eigenvalue weighted by atomic mass is 10.2. The van der Waals surface area contributed by atoms with Crippen molar-refractivity contribution < 1.29 is 27.1 Å². The average Bonchev–Trinajstić information content (AvgIpc) is 3.52. The molecule has 0 fully saturated rings. The third-order valence-electron chi connectivity index (χ3n) is 5.04. The number of alkyl halides is 3. The van der Waals surface area contributed by atoms with E-state index in [2.05, 4.69) is 20.8 Å². The van der Waals surface area contributed by atoms with Gasteiger partial charge in [0.05, 0.1) is 43.5 Å². The minimum absolute atomic E-state index is 0.0510. The van der Waals surface area contributed by atoms with Crippen molar-refractivity contribution >= 4 is 29.0 Å². The summed E-state index contributed by atoms with van der Waals surface area (Å²) in [6.07, 6.45) is -2.90. The number of hydrogen-bond donors (Lipinski definition) is 2. The lowest BCUT2D eigenvalue weighted by Crippen LogP contribution is -2.16. The normalized spacial score (nSPS) is 11.3. The van der Waals surface area contributed by atoms with Gasteiger partial charge in [-0.25, -0.2) is 0 Å². The Kier molecular flexibility index (Phi) is 7.84. The van der Waals surface area contributed by atoms with Crippen molar-refractivity contribution in [2.75, 3.05) is 23.5 Å². The van der Waals surface area contributed by atoms with E-state index in [-0.39, 0.29) is 24.7 Å². The number of furan rings is 1. The zero-order valence-corrected chi connectivity index (χ0v) is 19.9. The van der Waals surface area contributed by atoms with Gasteiger partial charge < -0.3 is 19.8 Å². The van der Waals surface area contributed by atoms with E-state index in [4.69, 9.17) is 9.15 Å². The van der Waals surface area contributed by atoms with Crippen molar-refractivity contribution in [1.29, 1.82) is 0 Å². The van der Waals surface area contributed by atoms with E-state index in [0.717, 1.165) is 12.1 Å². The number of amides is 1. The van der Waals surface area contributed by atoms with E-state index in [9.17, 15) is 18.0 Å². The molecule has 0 radical (unpaired) electrons. The summed E-state index contributed by atoms with van der Waals surface area (Å²) in [5, 5.41) is 14.6. The van der Waals surface area contributed by atoms with Crippen LogP contribution < -0.4 is 15.4 Å². The second-order valence-corrected chi connectivity index (χ2v) is 8.48. The summed E-state index contributed by atoms with van der Waals surface area (Å²) >= 11 is 1.18. The molecule has 2 N–H and O–H groups in total. The van der Waals surface area contributed by atoms with Crippen molar-refractivity contribution in [3.05, 3.63) is 84.1 Å². The molecule has 4 aromatic rings. The van der Waals surface area contributed by atoms with Crippen LogP contribution in [0.5, 0.6) is 5.75 Å². The molecule has 188 valence electrons. The van der Waals surface area contributed by atoms with Crippen molar-refractivity contribution in [2.45, 2.75) is 24.4 Å². The summed E-state index contributed by atoms with van der Waals surface area (Å²) in [7, 11) is 1.52. The summed E-state index contributed by atoms with van der Waals surface area (Å²) in [6, 6.07) is 15.5. The highest BCUT2D eigenvalue weighted by molar-refractivity contribution is 7.99. The molecule has 0 unspecified atom stereocenters. The number of aromatic nitrogens is 3. The summed E-state index contributed by atoms with van der Waals surface area (Å²) in [5.41, 5.74) is 0.0956. The quantitative estimate of drug-likeness (QED) is 0.276. The number of methoxy groups -OCH3 is 1. The van der Waals surface area contributed by atoms with Gasteiger partial charge in [-0.05, 0) is 42.5 Å². The first-order chi connectivity index (χ1) is 17.3. The zero-order valence-electron chi connectivity index (χ0n) is 19.1. The molecule has 0 saturated carbocycles. The van der Waals surface area contributed by atoms with Gasteiger partial charge in [0.25, 0.3) is 0 Å². The molecule has 0 aliphatic rings. The van der Waals surface area contributed by atoms with Gasteiger partial charge in [-0.3, -0.25) is 9.36 Å². The summed E-state index contributed by atoms with van der Waals surface area (Å²) in [6.45, 7) is 0.402. The maximum atomic E-state index is 13.0. The van der Waals surface area contributed by atoms with Crippen LogP contribution >= 0.6 is 11.8 Å². The van der Waals surface area contributed by atoms with E-state index < -0.39 is 11.7 Å². The number of carbonyl (C=O) groups excluding carboxylic acids is 1. The van der Waals surface area contributed by atoms with Crippen LogP contribution in [-0.2, 0) is 24.1 Å². The average molecular weight is 518 g/mol. The molecule has 1 amide bonds. The Bertz CT molecular complexity index is 1310. The van der Waals surface area contributed by atoms with Crippen molar-refractivity contribution in [3.63, 3.8) is 0 Å². The number of nitrogens with zero attached hydrogens (tertiary/aromatic N) is 3. The number of hydrogen-bond acceptors (Lipinski definition) is 7. The van der Waals surface area contributed by atoms with E-state index >= 15 is 0 Å². The summed E-state index contributed by atoms with van der Waals surface area (Å²) < 4.78 is 51.5. The topological polar surface area (TPSA) is 94.2 Å². The minimum Gasteiger partial charge on any atom is -0.495 e. The molecular formula is C24H22F3N5O3S. The molecule has 36 heavy (non-hydrogen) atoms. The van der Waals surface area contributed by atoms with Crippen LogP contribution in [0, 0.1) is 0 Å². The Hall–Kier alpha value is -3.93. The molecule has 0 saturated heterocycles. The molecule has 8 nitrogen and oxygen atoms in total. The number of rotatable bonds is 10. The highest BCUT2D eigenvalue weighted by Crippen LogP contribution is 2.31.